The molecule has 2 saturated heterocycles. The highest BCUT2D eigenvalue weighted by molar-refractivity contribution is 5.89. The summed E-state index contributed by atoms with van der Waals surface area (Å²) in [5.74, 6) is -3.06. The van der Waals surface area contributed by atoms with Crippen molar-refractivity contribution < 1.29 is 29.4 Å². The number of carbonyl (C=O) groups is 4. The molecule has 2 aliphatic rings. The van der Waals surface area contributed by atoms with E-state index in [1.165, 1.54) is 0 Å². The summed E-state index contributed by atoms with van der Waals surface area (Å²) in [5.41, 5.74) is 6.06. The third kappa shape index (κ3) is 6.33. The van der Waals surface area contributed by atoms with Crippen LogP contribution < -0.4 is 21.3 Å². The van der Waals surface area contributed by atoms with Crippen LogP contribution in [0.4, 0.5) is 0 Å². The lowest BCUT2D eigenvalue weighted by Crippen LogP contribution is -2.27. The number of H-pyrrole nitrogens is 2. The van der Waals surface area contributed by atoms with Crippen molar-refractivity contribution in [3.05, 3.63) is 87.5 Å². The van der Waals surface area contributed by atoms with Crippen molar-refractivity contribution >= 4 is 42.0 Å². The van der Waals surface area contributed by atoms with Crippen LogP contribution in [0.1, 0.15) is 53.4 Å². The molecule has 6 N–H and O–H groups in total. The second-order valence-corrected chi connectivity index (χ2v) is 11.1. The first-order chi connectivity index (χ1) is 20.4. The Labute approximate surface area is 249 Å². The van der Waals surface area contributed by atoms with Crippen LogP contribution in [0.2, 0.25) is 0 Å². The van der Waals surface area contributed by atoms with Gasteiger partial charge in [-0.05, 0) is 72.7 Å². The standard InChI is InChI=1S/C33H38N4O6/c1-7-20-19(6)32(42)37-27(20)14-25-18(5)23(10-12-31(40)41)29(35-25)15-28-22(9-11-30(38)39)17(4)24(34-28)13-26-16(3)21(8-2)33(43)36-26/h7-8,13-15,19-21,26,34-35H,1-3,9-12H2,4-6H3,(H,36,43)(H,37,42)(H,38,39)(H,40,41)/b24-13+,27-14-,28-15-/t19-,20-,21?,26-/m1/s1. The lowest BCUT2D eigenvalue weighted by molar-refractivity contribution is -0.138. The number of carbonyl (C=O) groups excluding carboxylic acids is 2. The minimum Gasteiger partial charge on any atom is -0.481 e. The average molecular weight is 587 g/mol. The molecule has 10 heteroatoms. The quantitative estimate of drug-likeness (QED) is 0.221. The van der Waals surface area contributed by atoms with Gasteiger partial charge in [0.15, 0.2) is 0 Å². The smallest absolute Gasteiger partial charge is 0.303 e. The van der Waals surface area contributed by atoms with Gasteiger partial charge in [0.05, 0.1) is 12.0 Å². The van der Waals surface area contributed by atoms with E-state index in [0.29, 0.717) is 22.3 Å². The Hall–Kier alpha value is -4.86. The third-order valence-corrected chi connectivity index (χ3v) is 8.45. The van der Waals surface area contributed by atoms with Gasteiger partial charge in [-0.25, -0.2) is 0 Å². The van der Waals surface area contributed by atoms with Gasteiger partial charge in [0.2, 0.25) is 11.8 Å². The fraction of sp³-hybridized carbons (Fsp3) is 0.333. The first-order valence-corrected chi connectivity index (χ1v) is 14.2. The lowest BCUT2D eigenvalue weighted by atomic mass is 9.94. The van der Waals surface area contributed by atoms with Gasteiger partial charge < -0.3 is 30.8 Å². The predicted octanol–water partition coefficient (Wildman–Crippen LogP) is 2.37. The third-order valence-electron chi connectivity index (χ3n) is 8.45. The molecule has 43 heavy (non-hydrogen) atoms. The fourth-order valence-electron chi connectivity index (χ4n) is 5.83. The molecule has 1 unspecified atom stereocenters. The van der Waals surface area contributed by atoms with Crippen molar-refractivity contribution in [3.63, 3.8) is 0 Å². The van der Waals surface area contributed by atoms with Crippen LogP contribution in [0.15, 0.2) is 43.2 Å². The second-order valence-electron chi connectivity index (χ2n) is 11.1. The van der Waals surface area contributed by atoms with Crippen molar-refractivity contribution in [2.24, 2.45) is 17.8 Å². The number of amides is 2. The minimum atomic E-state index is -0.932. The Morgan fingerprint density at radius 3 is 2.09 bits per heavy atom. The molecule has 2 aromatic rings. The number of hydrogen-bond acceptors (Lipinski definition) is 4. The van der Waals surface area contributed by atoms with Gasteiger partial charge in [-0.2, -0.15) is 0 Å². The summed E-state index contributed by atoms with van der Waals surface area (Å²) in [4.78, 5) is 54.5. The van der Waals surface area contributed by atoms with Crippen molar-refractivity contribution in [2.75, 3.05) is 0 Å². The average Bonchev–Trinajstić information content (AvgIpc) is 3.59. The molecular weight excluding hydrogens is 548 g/mol. The van der Waals surface area contributed by atoms with Gasteiger partial charge in [0.1, 0.15) is 0 Å². The van der Waals surface area contributed by atoms with Crippen LogP contribution in [-0.2, 0) is 32.0 Å². The molecule has 2 fully saturated rings. The predicted molar refractivity (Wildman–Crippen MR) is 164 cm³/mol. The number of nitrogens with one attached hydrogen (secondary N) is 4. The number of rotatable bonds is 11. The molecule has 4 atom stereocenters. The van der Waals surface area contributed by atoms with E-state index in [-0.39, 0.29) is 49.3 Å². The molecule has 0 radical (unpaired) electrons. The van der Waals surface area contributed by atoms with Crippen molar-refractivity contribution in [2.45, 2.75) is 52.5 Å². The van der Waals surface area contributed by atoms with E-state index in [4.69, 9.17) is 0 Å². The van der Waals surface area contributed by atoms with E-state index in [2.05, 4.69) is 40.3 Å². The van der Waals surface area contributed by atoms with Crippen molar-refractivity contribution in [3.8, 4) is 0 Å². The van der Waals surface area contributed by atoms with Gasteiger partial charge in [-0.15, -0.1) is 13.2 Å². The fourth-order valence-corrected chi connectivity index (χ4v) is 5.83. The molecular formula is C33H38N4O6. The molecule has 2 amide bonds. The molecule has 0 aromatic carbocycles. The number of hydrogen-bond donors (Lipinski definition) is 6. The first-order valence-electron chi connectivity index (χ1n) is 14.2. The zero-order chi connectivity index (χ0) is 31.6. The normalized spacial score (nSPS) is 23.6. The van der Waals surface area contributed by atoms with E-state index in [0.717, 1.165) is 33.3 Å². The van der Waals surface area contributed by atoms with E-state index in [9.17, 15) is 29.4 Å². The molecule has 0 spiro atoms. The summed E-state index contributed by atoms with van der Waals surface area (Å²) in [6.45, 7) is 17.3. The zero-order valence-corrected chi connectivity index (χ0v) is 24.7. The molecule has 4 heterocycles. The maximum atomic E-state index is 12.3. The highest BCUT2D eigenvalue weighted by Crippen LogP contribution is 2.31. The Balaban J connectivity index is 1.87. The maximum Gasteiger partial charge on any atom is 0.303 e. The maximum absolute atomic E-state index is 12.3. The number of aromatic nitrogens is 2. The summed E-state index contributed by atoms with van der Waals surface area (Å²) < 4.78 is 0. The molecule has 2 aromatic heterocycles. The van der Waals surface area contributed by atoms with Crippen molar-refractivity contribution in [1.82, 2.24) is 20.6 Å². The Bertz CT molecular complexity index is 1690. The van der Waals surface area contributed by atoms with Gasteiger partial charge in [-0.3, -0.25) is 19.2 Å². The van der Waals surface area contributed by atoms with Crippen LogP contribution in [0, 0.1) is 31.6 Å². The summed E-state index contributed by atoms with van der Waals surface area (Å²) in [7, 11) is 0. The van der Waals surface area contributed by atoms with Gasteiger partial charge in [0.25, 0.3) is 0 Å². The molecule has 2 aliphatic heterocycles. The highest BCUT2D eigenvalue weighted by atomic mass is 16.4. The zero-order valence-electron chi connectivity index (χ0n) is 24.7. The molecule has 0 saturated carbocycles. The Morgan fingerprint density at radius 2 is 1.51 bits per heavy atom. The van der Waals surface area contributed by atoms with Crippen LogP contribution in [0.5, 0.6) is 0 Å². The second kappa shape index (κ2) is 12.6. The monoisotopic (exact) mass is 586 g/mol. The van der Waals surface area contributed by atoms with E-state index >= 15 is 0 Å². The van der Waals surface area contributed by atoms with E-state index in [1.54, 1.807) is 12.2 Å². The summed E-state index contributed by atoms with van der Waals surface area (Å²) in [6, 6.07) is -0.424. The first kappa shape index (κ1) is 31.1. The van der Waals surface area contributed by atoms with Gasteiger partial charge in [-0.1, -0.05) is 25.7 Å². The molecule has 226 valence electrons. The molecule has 4 rings (SSSR count). The number of aliphatic carboxylic acids is 2. The summed E-state index contributed by atoms with van der Waals surface area (Å²) >= 11 is 0. The number of allylic oxidation sites excluding steroid dienone is 1. The molecule has 0 bridgehead atoms. The van der Waals surface area contributed by atoms with E-state index in [1.807, 2.05) is 39.0 Å². The lowest BCUT2D eigenvalue weighted by Gasteiger charge is -2.08. The van der Waals surface area contributed by atoms with Crippen LogP contribution >= 0.6 is 0 Å². The number of carboxylic acid groups (broad SMARTS) is 2. The van der Waals surface area contributed by atoms with Crippen LogP contribution in [0.3, 0.4) is 0 Å². The summed E-state index contributed by atoms with van der Waals surface area (Å²) in [6.07, 6.45) is 9.23. The van der Waals surface area contributed by atoms with Gasteiger partial charge in [0, 0.05) is 52.5 Å². The number of aromatic amines is 2. The van der Waals surface area contributed by atoms with Crippen LogP contribution in [0.25, 0.3) is 18.2 Å². The highest BCUT2D eigenvalue weighted by Gasteiger charge is 2.34. The Morgan fingerprint density at radius 1 is 0.860 bits per heavy atom. The summed E-state index contributed by atoms with van der Waals surface area (Å²) in [5, 5.41) is 26.1. The minimum absolute atomic E-state index is 0.0821. The SMILES string of the molecule is C=CC1C(=C)[C@@H](/C=c2/[nH]/c(=C\c3[nH]c(/C=C4\NC(=O)[C@H](C)[C@H]4C=C)c(C)c3CCC(=O)O)c(CCC(=O)O)c2C)NC1=O. The topological polar surface area (TPSA) is 164 Å². The van der Waals surface area contributed by atoms with Gasteiger partial charge >= 0.3 is 11.9 Å². The number of carboxylic acids is 2. The van der Waals surface area contributed by atoms with Crippen LogP contribution in [-0.4, -0.2) is 50.0 Å². The Kier molecular flexibility index (Phi) is 9.08. The molecule has 10 nitrogen and oxygen atoms in total. The molecule has 0 aliphatic carbocycles. The van der Waals surface area contributed by atoms with E-state index < -0.39 is 23.9 Å². The van der Waals surface area contributed by atoms with Crippen molar-refractivity contribution in [1.29, 1.82) is 0 Å². The largest absolute Gasteiger partial charge is 0.481 e.